The fourth-order valence-electron chi connectivity index (χ4n) is 3.34. The molecule has 1 aliphatic heterocycles. The highest BCUT2D eigenvalue weighted by Gasteiger charge is 2.23. The molecule has 3 aromatic rings. The standard InChI is InChI=1S/C18H19FN4O3S/c1-27(25,26)22-10-8-21(9-11-22)14-3-5-15(6-4-14)23-18-13(12-20-23)2-7-16(24)17(18)19/h2-7,12,24H,8-11H2,1H3. The van der Waals surface area contributed by atoms with E-state index >= 15 is 0 Å². The maximum Gasteiger partial charge on any atom is 0.211 e. The number of halogens is 1. The summed E-state index contributed by atoms with van der Waals surface area (Å²) in [6.07, 6.45) is 2.78. The lowest BCUT2D eigenvalue weighted by atomic mass is 10.2. The lowest BCUT2D eigenvalue weighted by molar-refractivity contribution is 0.388. The predicted molar refractivity (Wildman–Crippen MR) is 101 cm³/mol. The number of benzene rings is 2. The molecule has 7 nitrogen and oxygen atoms in total. The SMILES string of the molecule is CS(=O)(=O)N1CCN(c2ccc(-n3ncc4ccc(O)c(F)c43)cc2)CC1. The Labute approximate surface area is 156 Å². The first-order valence-electron chi connectivity index (χ1n) is 8.50. The zero-order valence-corrected chi connectivity index (χ0v) is 15.5. The molecule has 27 heavy (non-hydrogen) atoms. The molecule has 1 aliphatic rings. The maximum atomic E-state index is 14.3. The van der Waals surface area contributed by atoms with E-state index in [1.807, 2.05) is 24.3 Å². The summed E-state index contributed by atoms with van der Waals surface area (Å²) in [6, 6.07) is 10.4. The van der Waals surface area contributed by atoms with Crippen LogP contribution in [-0.4, -0.2) is 60.0 Å². The van der Waals surface area contributed by atoms with Crippen LogP contribution in [0.2, 0.25) is 0 Å². The number of hydrogen-bond donors (Lipinski definition) is 1. The van der Waals surface area contributed by atoms with Gasteiger partial charge < -0.3 is 10.0 Å². The maximum absolute atomic E-state index is 14.3. The number of aromatic nitrogens is 2. The van der Waals surface area contributed by atoms with Gasteiger partial charge in [0.25, 0.3) is 0 Å². The number of sulfonamides is 1. The van der Waals surface area contributed by atoms with Gasteiger partial charge in [-0.2, -0.15) is 9.40 Å². The van der Waals surface area contributed by atoms with E-state index in [9.17, 15) is 17.9 Å². The molecule has 0 amide bonds. The lowest BCUT2D eigenvalue weighted by Crippen LogP contribution is -2.48. The fourth-order valence-corrected chi connectivity index (χ4v) is 4.17. The zero-order valence-electron chi connectivity index (χ0n) is 14.7. The van der Waals surface area contributed by atoms with Crippen molar-refractivity contribution in [2.75, 3.05) is 37.3 Å². The van der Waals surface area contributed by atoms with Crippen molar-refractivity contribution in [2.24, 2.45) is 0 Å². The average molecular weight is 390 g/mol. The van der Waals surface area contributed by atoms with Crippen molar-refractivity contribution in [3.8, 4) is 11.4 Å². The van der Waals surface area contributed by atoms with Gasteiger partial charge in [0, 0.05) is 37.3 Å². The van der Waals surface area contributed by atoms with Gasteiger partial charge in [-0.05, 0) is 36.4 Å². The largest absolute Gasteiger partial charge is 0.505 e. The zero-order chi connectivity index (χ0) is 19.2. The van der Waals surface area contributed by atoms with E-state index in [1.165, 1.54) is 21.3 Å². The van der Waals surface area contributed by atoms with Crippen molar-refractivity contribution in [1.29, 1.82) is 0 Å². The third kappa shape index (κ3) is 3.24. The van der Waals surface area contributed by atoms with Crippen LogP contribution in [0.5, 0.6) is 5.75 Å². The highest BCUT2D eigenvalue weighted by atomic mass is 32.2. The van der Waals surface area contributed by atoms with Gasteiger partial charge in [-0.3, -0.25) is 0 Å². The molecule has 0 atom stereocenters. The summed E-state index contributed by atoms with van der Waals surface area (Å²) >= 11 is 0. The number of piperazine rings is 1. The summed E-state index contributed by atoms with van der Waals surface area (Å²) in [5.74, 6) is -1.12. The molecule has 0 bridgehead atoms. The van der Waals surface area contributed by atoms with Crippen LogP contribution in [-0.2, 0) is 10.0 Å². The fraction of sp³-hybridized carbons (Fsp3) is 0.278. The van der Waals surface area contributed by atoms with E-state index in [-0.39, 0.29) is 5.52 Å². The Kier molecular flexibility index (Phi) is 4.27. The van der Waals surface area contributed by atoms with E-state index in [1.54, 1.807) is 12.3 Å². The van der Waals surface area contributed by atoms with E-state index in [2.05, 4.69) is 10.00 Å². The normalized spacial score (nSPS) is 16.1. The Morgan fingerprint density at radius 3 is 2.26 bits per heavy atom. The second-order valence-corrected chi connectivity index (χ2v) is 8.54. The molecule has 0 radical (unpaired) electrons. The molecular weight excluding hydrogens is 371 g/mol. The first-order chi connectivity index (χ1) is 12.8. The first kappa shape index (κ1) is 17.7. The minimum atomic E-state index is -3.16. The molecule has 9 heteroatoms. The molecule has 1 N–H and O–H groups in total. The van der Waals surface area contributed by atoms with Gasteiger partial charge in [-0.1, -0.05) is 0 Å². The number of anilines is 1. The molecule has 1 saturated heterocycles. The Hall–Kier alpha value is -2.65. The van der Waals surface area contributed by atoms with Crippen molar-refractivity contribution in [2.45, 2.75) is 0 Å². The summed E-state index contributed by atoms with van der Waals surface area (Å²) in [4.78, 5) is 2.11. The highest BCUT2D eigenvalue weighted by Crippen LogP contribution is 2.28. The summed E-state index contributed by atoms with van der Waals surface area (Å²) in [6.45, 7) is 2.13. The van der Waals surface area contributed by atoms with Crippen molar-refractivity contribution < 1.29 is 17.9 Å². The summed E-state index contributed by atoms with van der Waals surface area (Å²) < 4.78 is 40.5. The van der Waals surface area contributed by atoms with Gasteiger partial charge in [0.05, 0.1) is 18.1 Å². The number of phenols is 1. The van der Waals surface area contributed by atoms with Crippen molar-refractivity contribution in [3.05, 3.63) is 48.4 Å². The molecule has 0 unspecified atom stereocenters. The Morgan fingerprint density at radius 1 is 1.00 bits per heavy atom. The van der Waals surface area contributed by atoms with E-state index in [0.717, 1.165) is 5.69 Å². The molecule has 0 spiro atoms. The topological polar surface area (TPSA) is 78.7 Å². The van der Waals surface area contributed by atoms with Crippen LogP contribution in [0.3, 0.4) is 0 Å². The van der Waals surface area contributed by atoms with Crippen LogP contribution in [0.25, 0.3) is 16.6 Å². The van der Waals surface area contributed by atoms with Crippen LogP contribution < -0.4 is 4.90 Å². The van der Waals surface area contributed by atoms with Crippen LogP contribution in [0, 0.1) is 5.82 Å². The Bertz CT molecular complexity index is 1090. The number of aromatic hydroxyl groups is 1. The van der Waals surface area contributed by atoms with E-state index in [0.29, 0.717) is 37.3 Å². The van der Waals surface area contributed by atoms with Gasteiger partial charge in [-0.15, -0.1) is 0 Å². The number of fused-ring (bicyclic) bond motifs is 1. The van der Waals surface area contributed by atoms with Gasteiger partial charge in [0.2, 0.25) is 10.0 Å². The first-order valence-corrected chi connectivity index (χ1v) is 10.3. The summed E-state index contributed by atoms with van der Waals surface area (Å²) in [5.41, 5.74) is 1.87. The van der Waals surface area contributed by atoms with Gasteiger partial charge in [0.15, 0.2) is 11.6 Å². The van der Waals surface area contributed by atoms with Crippen molar-refractivity contribution in [1.82, 2.24) is 14.1 Å². The quantitative estimate of drug-likeness (QED) is 0.740. The second-order valence-electron chi connectivity index (χ2n) is 6.56. The minimum absolute atomic E-state index is 0.226. The molecule has 1 fully saturated rings. The van der Waals surface area contributed by atoms with Crippen molar-refractivity contribution >= 4 is 26.6 Å². The highest BCUT2D eigenvalue weighted by molar-refractivity contribution is 7.88. The lowest BCUT2D eigenvalue weighted by Gasteiger charge is -2.34. The molecule has 0 aliphatic carbocycles. The van der Waals surface area contributed by atoms with Crippen molar-refractivity contribution in [3.63, 3.8) is 0 Å². The molecule has 4 rings (SSSR count). The van der Waals surface area contributed by atoms with Crippen LogP contribution in [0.1, 0.15) is 0 Å². The van der Waals surface area contributed by atoms with Crippen LogP contribution >= 0.6 is 0 Å². The monoisotopic (exact) mass is 390 g/mol. The molecule has 1 aromatic heterocycles. The molecule has 142 valence electrons. The Balaban J connectivity index is 1.58. The number of nitrogens with zero attached hydrogens (tertiary/aromatic N) is 4. The van der Waals surface area contributed by atoms with Gasteiger partial charge in [-0.25, -0.2) is 17.5 Å². The van der Waals surface area contributed by atoms with E-state index in [4.69, 9.17) is 0 Å². The van der Waals surface area contributed by atoms with Crippen LogP contribution in [0.15, 0.2) is 42.6 Å². The smallest absolute Gasteiger partial charge is 0.211 e. The average Bonchev–Trinajstić information content (AvgIpc) is 3.09. The molecular formula is C18H19FN4O3S. The second kappa shape index (κ2) is 6.50. The Morgan fingerprint density at radius 2 is 1.63 bits per heavy atom. The number of hydrogen-bond acceptors (Lipinski definition) is 5. The minimum Gasteiger partial charge on any atom is -0.505 e. The molecule has 2 heterocycles. The van der Waals surface area contributed by atoms with Crippen LogP contribution in [0.4, 0.5) is 10.1 Å². The predicted octanol–water partition coefficient (Wildman–Crippen LogP) is 1.95. The third-order valence-electron chi connectivity index (χ3n) is 4.82. The van der Waals surface area contributed by atoms with Gasteiger partial charge >= 0.3 is 0 Å². The summed E-state index contributed by atoms with van der Waals surface area (Å²) in [7, 11) is -3.16. The number of rotatable bonds is 3. The molecule has 2 aromatic carbocycles. The number of phenolic OH excluding ortho intramolecular Hbond substituents is 1. The summed E-state index contributed by atoms with van der Waals surface area (Å²) in [5, 5.41) is 14.5. The van der Waals surface area contributed by atoms with Gasteiger partial charge in [0.1, 0.15) is 5.52 Å². The third-order valence-corrected chi connectivity index (χ3v) is 6.12. The molecule has 0 saturated carbocycles. The van der Waals surface area contributed by atoms with E-state index < -0.39 is 21.6 Å².